The van der Waals surface area contributed by atoms with Gasteiger partial charge in [-0.3, -0.25) is 20.2 Å². The second-order valence-electron chi connectivity index (χ2n) is 4.94. The molecule has 3 rings (SSSR count). The van der Waals surface area contributed by atoms with Crippen LogP contribution in [0.5, 0.6) is 0 Å². The summed E-state index contributed by atoms with van der Waals surface area (Å²) in [6, 6.07) is 7.12. The topological polar surface area (TPSA) is 115 Å². The van der Waals surface area contributed by atoms with Crippen LogP contribution in [0.1, 0.15) is 21.7 Å². The van der Waals surface area contributed by atoms with E-state index in [0.717, 1.165) is 11.4 Å². The molecule has 0 saturated carbocycles. The molecule has 0 aliphatic heterocycles. The molecule has 0 atom stereocenters. The highest BCUT2D eigenvalue weighted by molar-refractivity contribution is 6.03. The van der Waals surface area contributed by atoms with Gasteiger partial charge in [-0.2, -0.15) is 9.50 Å². The Morgan fingerprint density at radius 3 is 2.57 bits per heavy atom. The number of hydrogen-bond acceptors (Lipinski definition) is 6. The van der Waals surface area contributed by atoms with Crippen LogP contribution in [0.4, 0.5) is 11.6 Å². The number of non-ortho nitro benzene ring substituents is 1. The van der Waals surface area contributed by atoms with Crippen molar-refractivity contribution in [3.63, 3.8) is 0 Å². The molecule has 0 aliphatic carbocycles. The van der Waals surface area contributed by atoms with Crippen LogP contribution in [-0.4, -0.2) is 30.4 Å². The zero-order valence-corrected chi connectivity index (χ0v) is 12.3. The maximum Gasteiger partial charge on any atom is 0.269 e. The fourth-order valence-electron chi connectivity index (χ4n) is 2.13. The number of anilines is 1. The number of hydrogen-bond donors (Lipinski definition) is 1. The number of aryl methyl sites for hydroxylation is 2. The van der Waals surface area contributed by atoms with E-state index in [9.17, 15) is 14.9 Å². The van der Waals surface area contributed by atoms with E-state index in [1.54, 1.807) is 0 Å². The molecule has 0 unspecified atom stereocenters. The van der Waals surface area contributed by atoms with E-state index in [4.69, 9.17) is 0 Å². The van der Waals surface area contributed by atoms with Crippen LogP contribution in [0, 0.1) is 24.0 Å². The Hall–Kier alpha value is -3.36. The number of fused-ring (bicyclic) bond motifs is 1. The van der Waals surface area contributed by atoms with Crippen molar-refractivity contribution < 1.29 is 9.72 Å². The number of nitrogens with zero attached hydrogens (tertiary/aromatic N) is 5. The fourth-order valence-corrected chi connectivity index (χ4v) is 2.13. The molecule has 9 heteroatoms. The lowest BCUT2D eigenvalue weighted by Gasteiger charge is -2.00. The van der Waals surface area contributed by atoms with Crippen molar-refractivity contribution in [2.75, 3.05) is 5.32 Å². The molecule has 3 aromatic rings. The Morgan fingerprint density at radius 2 is 1.91 bits per heavy atom. The zero-order chi connectivity index (χ0) is 16.6. The molecule has 0 aliphatic rings. The number of carbonyl (C=O) groups is 1. The van der Waals surface area contributed by atoms with Crippen LogP contribution in [0.15, 0.2) is 30.3 Å². The van der Waals surface area contributed by atoms with Gasteiger partial charge >= 0.3 is 0 Å². The van der Waals surface area contributed by atoms with E-state index in [-0.39, 0.29) is 17.2 Å². The molecule has 2 aromatic heterocycles. The van der Waals surface area contributed by atoms with Gasteiger partial charge in [0.15, 0.2) is 0 Å². The van der Waals surface area contributed by atoms with Crippen LogP contribution in [-0.2, 0) is 0 Å². The molecule has 0 radical (unpaired) electrons. The van der Waals surface area contributed by atoms with Crippen molar-refractivity contribution >= 4 is 23.3 Å². The summed E-state index contributed by atoms with van der Waals surface area (Å²) < 4.78 is 1.53. The molecule has 9 nitrogen and oxygen atoms in total. The van der Waals surface area contributed by atoms with Crippen molar-refractivity contribution in [1.82, 2.24) is 19.6 Å². The lowest BCUT2D eigenvalue weighted by atomic mass is 10.2. The number of aromatic nitrogens is 4. The van der Waals surface area contributed by atoms with Crippen molar-refractivity contribution in [2.24, 2.45) is 0 Å². The van der Waals surface area contributed by atoms with Gasteiger partial charge in [-0.15, -0.1) is 5.10 Å². The average Bonchev–Trinajstić information content (AvgIpc) is 2.90. The van der Waals surface area contributed by atoms with Gasteiger partial charge in [0.1, 0.15) is 0 Å². The highest BCUT2D eigenvalue weighted by atomic mass is 16.6. The van der Waals surface area contributed by atoms with Gasteiger partial charge in [0.25, 0.3) is 23.3 Å². The first-order valence-corrected chi connectivity index (χ1v) is 6.71. The first-order chi connectivity index (χ1) is 10.9. The second kappa shape index (κ2) is 5.44. The van der Waals surface area contributed by atoms with Crippen LogP contribution in [0.25, 0.3) is 5.78 Å². The molecule has 1 aromatic carbocycles. The number of rotatable bonds is 3. The third-order valence-corrected chi connectivity index (χ3v) is 3.18. The third-order valence-electron chi connectivity index (χ3n) is 3.18. The normalized spacial score (nSPS) is 10.7. The molecule has 0 bridgehead atoms. The summed E-state index contributed by atoms with van der Waals surface area (Å²) in [7, 11) is 0. The van der Waals surface area contributed by atoms with Crippen molar-refractivity contribution in [3.8, 4) is 0 Å². The number of nitrogens with one attached hydrogen (secondary N) is 1. The standard InChI is InChI=1S/C14H12N6O3/c1-8-7-9(2)19-14(15-8)17-13(18-19)16-12(21)10-3-5-11(6-4-10)20(22)23/h3-7H,1-2H3,(H,16,18,21). The molecular weight excluding hydrogens is 300 g/mol. The quantitative estimate of drug-likeness (QED) is 0.583. The van der Waals surface area contributed by atoms with Gasteiger partial charge < -0.3 is 0 Å². The average molecular weight is 312 g/mol. The molecule has 1 N–H and O–H groups in total. The van der Waals surface area contributed by atoms with E-state index in [2.05, 4.69) is 20.4 Å². The maximum atomic E-state index is 12.1. The smallest absolute Gasteiger partial charge is 0.269 e. The first kappa shape index (κ1) is 14.6. The van der Waals surface area contributed by atoms with Gasteiger partial charge in [0.05, 0.1) is 4.92 Å². The van der Waals surface area contributed by atoms with Crippen LogP contribution in [0.3, 0.4) is 0 Å². The minimum absolute atomic E-state index is 0.0808. The number of carbonyl (C=O) groups excluding carboxylic acids is 1. The summed E-state index contributed by atoms with van der Waals surface area (Å²) >= 11 is 0. The summed E-state index contributed by atoms with van der Waals surface area (Å²) in [5, 5.41) is 17.3. The SMILES string of the molecule is Cc1cc(C)n2nc(NC(=O)c3ccc([N+](=O)[O-])cc3)nc2n1. The summed E-state index contributed by atoms with van der Waals surface area (Å²) in [6.45, 7) is 3.70. The Morgan fingerprint density at radius 1 is 1.22 bits per heavy atom. The van der Waals surface area contributed by atoms with Gasteiger partial charge in [0, 0.05) is 29.1 Å². The summed E-state index contributed by atoms with van der Waals surface area (Å²) in [4.78, 5) is 30.6. The Balaban J connectivity index is 1.85. The van der Waals surface area contributed by atoms with Crippen LogP contribution >= 0.6 is 0 Å². The molecule has 0 fully saturated rings. The van der Waals surface area contributed by atoms with Crippen molar-refractivity contribution in [3.05, 3.63) is 57.4 Å². The molecular formula is C14H12N6O3. The van der Waals surface area contributed by atoms with E-state index in [1.165, 1.54) is 28.8 Å². The van der Waals surface area contributed by atoms with E-state index < -0.39 is 10.8 Å². The fraction of sp³-hybridized carbons (Fsp3) is 0.143. The minimum Gasteiger partial charge on any atom is -0.289 e. The van der Waals surface area contributed by atoms with E-state index in [0.29, 0.717) is 5.78 Å². The highest BCUT2D eigenvalue weighted by Gasteiger charge is 2.13. The lowest BCUT2D eigenvalue weighted by molar-refractivity contribution is -0.384. The molecule has 23 heavy (non-hydrogen) atoms. The molecule has 1 amide bonds. The van der Waals surface area contributed by atoms with Crippen molar-refractivity contribution in [2.45, 2.75) is 13.8 Å². The lowest BCUT2D eigenvalue weighted by Crippen LogP contribution is -2.13. The van der Waals surface area contributed by atoms with Gasteiger partial charge in [-0.1, -0.05) is 0 Å². The molecule has 116 valence electrons. The maximum absolute atomic E-state index is 12.1. The van der Waals surface area contributed by atoms with Crippen LogP contribution in [0.2, 0.25) is 0 Å². The number of nitro benzene ring substituents is 1. The largest absolute Gasteiger partial charge is 0.289 e. The monoisotopic (exact) mass is 312 g/mol. The van der Waals surface area contributed by atoms with Gasteiger partial charge in [-0.05, 0) is 32.0 Å². The van der Waals surface area contributed by atoms with E-state index in [1.807, 2.05) is 19.9 Å². The second-order valence-corrected chi connectivity index (χ2v) is 4.94. The third kappa shape index (κ3) is 2.84. The number of benzene rings is 1. The minimum atomic E-state index is -0.526. The molecule has 0 spiro atoms. The van der Waals surface area contributed by atoms with Crippen LogP contribution < -0.4 is 5.32 Å². The summed E-state index contributed by atoms with van der Waals surface area (Å²) in [5.74, 6) is 0.0567. The Labute approximate surface area is 130 Å². The predicted octanol–water partition coefficient (Wildman–Crippen LogP) is 1.90. The van der Waals surface area contributed by atoms with Crippen molar-refractivity contribution in [1.29, 1.82) is 0 Å². The Kier molecular flexibility index (Phi) is 3.45. The number of amides is 1. The highest BCUT2D eigenvalue weighted by Crippen LogP contribution is 2.13. The van der Waals surface area contributed by atoms with Gasteiger partial charge in [0.2, 0.25) is 0 Å². The van der Waals surface area contributed by atoms with E-state index >= 15 is 0 Å². The Bertz CT molecular complexity index is 916. The molecule has 0 saturated heterocycles. The number of nitro groups is 1. The summed E-state index contributed by atoms with van der Waals surface area (Å²) in [6.07, 6.45) is 0. The van der Waals surface area contributed by atoms with Gasteiger partial charge in [-0.25, -0.2) is 4.98 Å². The summed E-state index contributed by atoms with van der Waals surface area (Å²) in [5.41, 5.74) is 1.84. The predicted molar refractivity (Wildman–Crippen MR) is 81.3 cm³/mol. The zero-order valence-electron chi connectivity index (χ0n) is 12.3. The first-order valence-electron chi connectivity index (χ1n) is 6.71. The molecule has 2 heterocycles.